The third-order valence-electron chi connectivity index (χ3n) is 5.94. The maximum Gasteiger partial charge on any atom is 0.335 e. The second-order valence-corrected chi connectivity index (χ2v) is 8.61. The van der Waals surface area contributed by atoms with E-state index in [1.54, 1.807) is 12.1 Å². The Bertz CT molecular complexity index is 1460. The first-order valence-electron chi connectivity index (χ1n) is 12.3. The third-order valence-corrected chi connectivity index (χ3v) is 5.94. The number of rotatable bonds is 11. The summed E-state index contributed by atoms with van der Waals surface area (Å²) in [7, 11) is 0. The van der Waals surface area contributed by atoms with Crippen molar-refractivity contribution in [3.8, 4) is 45.5 Å². The van der Waals surface area contributed by atoms with Crippen LogP contribution in [0.2, 0.25) is 0 Å². The summed E-state index contributed by atoms with van der Waals surface area (Å²) in [4.78, 5) is 11.0. The van der Waals surface area contributed by atoms with Gasteiger partial charge in [0.05, 0.1) is 18.8 Å². The van der Waals surface area contributed by atoms with Crippen LogP contribution < -0.4 is 9.47 Å². The molecule has 0 atom stereocenters. The smallest absolute Gasteiger partial charge is 0.335 e. The van der Waals surface area contributed by atoms with E-state index < -0.39 is 5.97 Å². The molecule has 7 heteroatoms. The van der Waals surface area contributed by atoms with E-state index in [1.807, 2.05) is 78.9 Å². The van der Waals surface area contributed by atoms with Gasteiger partial charge in [-0.2, -0.15) is 0 Å². The van der Waals surface area contributed by atoms with Crippen LogP contribution in [-0.4, -0.2) is 34.5 Å². The molecule has 5 aromatic rings. The van der Waals surface area contributed by atoms with Gasteiger partial charge in [-0.05, 0) is 84.6 Å². The van der Waals surface area contributed by atoms with Gasteiger partial charge in [-0.15, -0.1) is 10.2 Å². The molecular weight excluding hydrogens is 480 g/mol. The number of unbranched alkanes of at least 4 members (excludes halogenated alkanes) is 1. The molecule has 0 aliphatic carbocycles. The Labute approximate surface area is 220 Å². The maximum absolute atomic E-state index is 11.0. The maximum atomic E-state index is 11.0. The zero-order chi connectivity index (χ0) is 26.2. The van der Waals surface area contributed by atoms with E-state index in [-0.39, 0.29) is 5.56 Å². The number of carboxylic acid groups (broad SMARTS) is 1. The minimum atomic E-state index is -0.981. The van der Waals surface area contributed by atoms with Crippen LogP contribution in [0.15, 0.2) is 108 Å². The van der Waals surface area contributed by atoms with E-state index in [0.29, 0.717) is 30.6 Å². The Morgan fingerprint density at radius 1 is 0.605 bits per heavy atom. The van der Waals surface area contributed by atoms with Crippen molar-refractivity contribution in [2.45, 2.75) is 12.8 Å². The second-order valence-electron chi connectivity index (χ2n) is 8.61. The monoisotopic (exact) mass is 506 g/mol. The molecule has 0 fully saturated rings. The molecule has 0 aliphatic heterocycles. The molecule has 1 aromatic heterocycles. The van der Waals surface area contributed by atoms with Gasteiger partial charge in [0.25, 0.3) is 0 Å². The van der Waals surface area contributed by atoms with Crippen LogP contribution in [0.4, 0.5) is 0 Å². The molecule has 0 radical (unpaired) electrons. The SMILES string of the molecule is O=C(O)c1ccc(-c2nnc(-c3ccc(-c4ccc(OCCCCOc5ccccc5)cc4)cc3)o2)cc1. The summed E-state index contributed by atoms with van der Waals surface area (Å²) >= 11 is 0. The predicted octanol–water partition coefficient (Wildman–Crippen LogP) is 7.01. The first kappa shape index (κ1) is 24.8. The van der Waals surface area contributed by atoms with Gasteiger partial charge in [-0.25, -0.2) is 4.79 Å². The topological polar surface area (TPSA) is 94.7 Å². The molecule has 0 bridgehead atoms. The zero-order valence-electron chi connectivity index (χ0n) is 20.6. The van der Waals surface area contributed by atoms with Gasteiger partial charge in [0.2, 0.25) is 11.8 Å². The number of hydrogen-bond donors (Lipinski definition) is 1. The van der Waals surface area contributed by atoms with Crippen LogP contribution in [0.1, 0.15) is 23.2 Å². The zero-order valence-corrected chi connectivity index (χ0v) is 20.6. The first-order chi connectivity index (χ1) is 18.7. The lowest BCUT2D eigenvalue weighted by Gasteiger charge is -2.09. The van der Waals surface area contributed by atoms with E-state index >= 15 is 0 Å². The van der Waals surface area contributed by atoms with Crippen molar-refractivity contribution in [1.82, 2.24) is 10.2 Å². The second kappa shape index (κ2) is 11.9. The van der Waals surface area contributed by atoms with Gasteiger partial charge in [-0.1, -0.05) is 42.5 Å². The molecule has 7 nitrogen and oxygen atoms in total. The highest BCUT2D eigenvalue weighted by molar-refractivity contribution is 5.88. The van der Waals surface area contributed by atoms with E-state index in [4.69, 9.17) is 19.0 Å². The molecule has 5 rings (SSSR count). The van der Waals surface area contributed by atoms with Crippen LogP contribution in [0.3, 0.4) is 0 Å². The normalized spacial score (nSPS) is 10.7. The van der Waals surface area contributed by atoms with Crippen molar-refractivity contribution < 1.29 is 23.8 Å². The van der Waals surface area contributed by atoms with Gasteiger partial charge in [0.1, 0.15) is 11.5 Å². The Kier molecular flexibility index (Phi) is 7.75. The van der Waals surface area contributed by atoms with Crippen molar-refractivity contribution in [3.05, 3.63) is 109 Å². The van der Waals surface area contributed by atoms with Crippen LogP contribution in [-0.2, 0) is 0 Å². The lowest BCUT2D eigenvalue weighted by atomic mass is 10.0. The lowest BCUT2D eigenvalue weighted by molar-refractivity contribution is 0.0697. The Balaban J connectivity index is 1.12. The summed E-state index contributed by atoms with van der Waals surface area (Å²) in [5.41, 5.74) is 3.79. The quantitative estimate of drug-likeness (QED) is 0.193. The highest BCUT2D eigenvalue weighted by Gasteiger charge is 2.12. The number of nitrogens with zero attached hydrogens (tertiary/aromatic N) is 2. The Morgan fingerprint density at radius 3 is 1.58 bits per heavy atom. The number of benzene rings is 4. The van der Waals surface area contributed by atoms with Crippen molar-refractivity contribution in [1.29, 1.82) is 0 Å². The fourth-order valence-electron chi connectivity index (χ4n) is 3.86. The fourth-order valence-corrected chi connectivity index (χ4v) is 3.86. The summed E-state index contributed by atoms with van der Waals surface area (Å²) in [5.74, 6) is 1.48. The fraction of sp³-hybridized carbons (Fsp3) is 0.129. The molecule has 0 aliphatic rings. The van der Waals surface area contributed by atoms with Crippen LogP contribution in [0, 0.1) is 0 Å². The van der Waals surface area contributed by atoms with Crippen molar-refractivity contribution in [2.75, 3.05) is 13.2 Å². The van der Waals surface area contributed by atoms with E-state index in [1.165, 1.54) is 12.1 Å². The molecule has 0 unspecified atom stereocenters. The Morgan fingerprint density at radius 2 is 1.05 bits per heavy atom. The van der Waals surface area contributed by atoms with Gasteiger partial charge in [0, 0.05) is 11.1 Å². The van der Waals surface area contributed by atoms with E-state index in [2.05, 4.69) is 10.2 Å². The summed E-state index contributed by atoms with van der Waals surface area (Å²) in [6.07, 6.45) is 1.85. The summed E-state index contributed by atoms with van der Waals surface area (Å²) in [6, 6.07) is 32.0. The minimum absolute atomic E-state index is 0.202. The number of para-hydroxylation sites is 1. The van der Waals surface area contributed by atoms with Crippen molar-refractivity contribution >= 4 is 5.97 Å². The van der Waals surface area contributed by atoms with Crippen LogP contribution in [0.25, 0.3) is 34.0 Å². The van der Waals surface area contributed by atoms with Crippen molar-refractivity contribution in [2.24, 2.45) is 0 Å². The summed E-state index contributed by atoms with van der Waals surface area (Å²) < 4.78 is 17.4. The molecule has 38 heavy (non-hydrogen) atoms. The van der Waals surface area contributed by atoms with Gasteiger partial charge < -0.3 is 19.0 Å². The highest BCUT2D eigenvalue weighted by Crippen LogP contribution is 2.28. The number of aromatic nitrogens is 2. The average Bonchev–Trinajstić information content (AvgIpc) is 3.46. The van der Waals surface area contributed by atoms with Crippen LogP contribution in [0.5, 0.6) is 11.5 Å². The molecule has 0 spiro atoms. The third kappa shape index (κ3) is 6.25. The summed E-state index contributed by atoms with van der Waals surface area (Å²) in [6.45, 7) is 1.31. The molecule has 1 N–H and O–H groups in total. The van der Waals surface area contributed by atoms with Crippen molar-refractivity contribution in [3.63, 3.8) is 0 Å². The predicted molar refractivity (Wildman–Crippen MR) is 144 cm³/mol. The molecule has 190 valence electrons. The number of ether oxygens (including phenoxy) is 2. The number of hydrogen-bond acceptors (Lipinski definition) is 6. The number of carbonyl (C=O) groups is 1. The lowest BCUT2D eigenvalue weighted by Crippen LogP contribution is -2.02. The summed E-state index contributed by atoms with van der Waals surface area (Å²) in [5, 5.41) is 17.3. The first-order valence-corrected chi connectivity index (χ1v) is 12.3. The minimum Gasteiger partial charge on any atom is -0.494 e. The van der Waals surface area contributed by atoms with Gasteiger partial charge in [0.15, 0.2) is 0 Å². The number of aromatic carboxylic acids is 1. The molecule has 0 saturated carbocycles. The van der Waals surface area contributed by atoms with Gasteiger partial charge in [-0.3, -0.25) is 0 Å². The van der Waals surface area contributed by atoms with E-state index in [9.17, 15) is 4.79 Å². The molecule has 1 heterocycles. The molecule has 0 amide bonds. The molecular formula is C31H26N2O5. The highest BCUT2D eigenvalue weighted by atomic mass is 16.5. The average molecular weight is 507 g/mol. The largest absolute Gasteiger partial charge is 0.494 e. The van der Waals surface area contributed by atoms with Gasteiger partial charge >= 0.3 is 5.97 Å². The van der Waals surface area contributed by atoms with E-state index in [0.717, 1.165) is 41.0 Å². The Hall–Kier alpha value is -4.91. The number of carboxylic acids is 1. The van der Waals surface area contributed by atoms with Crippen LogP contribution >= 0.6 is 0 Å². The standard InChI is InChI=1S/C31H26N2O5/c34-31(35)26-14-12-25(13-15-26)30-33-32-29(38-30)24-10-8-22(9-11-24)23-16-18-28(19-17-23)37-21-5-4-20-36-27-6-2-1-3-7-27/h1-3,6-19H,4-5,20-21H2,(H,34,35). The molecule has 0 saturated heterocycles. The molecule has 4 aromatic carbocycles.